The third-order valence-electron chi connectivity index (χ3n) is 4.19. The lowest BCUT2D eigenvalue weighted by Gasteiger charge is -2.24. The molecule has 0 heterocycles. The van der Waals surface area contributed by atoms with Crippen molar-refractivity contribution >= 4 is 11.9 Å². The van der Waals surface area contributed by atoms with Crippen molar-refractivity contribution in [1.82, 2.24) is 0 Å². The number of carbonyl (C=O) groups excluding carboxylic acids is 1. The van der Waals surface area contributed by atoms with E-state index in [9.17, 15) is 14.7 Å². The van der Waals surface area contributed by atoms with Crippen LogP contribution in [0.3, 0.4) is 0 Å². The van der Waals surface area contributed by atoms with E-state index in [1.165, 1.54) is 0 Å². The van der Waals surface area contributed by atoms with Crippen molar-refractivity contribution in [2.75, 3.05) is 0 Å². The van der Waals surface area contributed by atoms with E-state index in [2.05, 4.69) is 0 Å². The lowest BCUT2D eigenvalue weighted by atomic mass is 9.77. The van der Waals surface area contributed by atoms with E-state index >= 15 is 0 Å². The first kappa shape index (κ1) is 10.9. The van der Waals surface area contributed by atoms with Gasteiger partial charge in [0, 0.05) is 5.92 Å². The van der Waals surface area contributed by atoms with Gasteiger partial charge in [0.25, 0.3) is 0 Å². The Morgan fingerprint density at radius 2 is 1.94 bits per heavy atom. The number of nitriles is 1. The molecule has 2 aliphatic rings. The number of carboxylic acid groups (broad SMARTS) is 1. The van der Waals surface area contributed by atoms with Gasteiger partial charge in [-0.05, 0) is 19.3 Å². The highest BCUT2D eigenvalue weighted by Gasteiger charge is 2.70. The molecule has 0 spiro atoms. The number of rotatable bonds is 3. The summed E-state index contributed by atoms with van der Waals surface area (Å²) >= 11 is 0. The summed E-state index contributed by atoms with van der Waals surface area (Å²) in [5.41, 5.74) is 3.10. The molecule has 16 heavy (non-hydrogen) atoms. The van der Waals surface area contributed by atoms with E-state index in [0.29, 0.717) is 19.3 Å². The van der Waals surface area contributed by atoms with Crippen LogP contribution in [0.15, 0.2) is 0 Å². The maximum absolute atomic E-state index is 11.4. The summed E-state index contributed by atoms with van der Waals surface area (Å²) < 4.78 is 0. The highest BCUT2D eigenvalue weighted by atomic mass is 16.4. The SMILES string of the molecule is N#CC1(C(N)=O)CC1C1(C(=O)O)CCCC1. The molecule has 0 aromatic heterocycles. The van der Waals surface area contributed by atoms with Crippen molar-refractivity contribution in [2.24, 2.45) is 22.5 Å². The summed E-state index contributed by atoms with van der Waals surface area (Å²) in [6.45, 7) is 0. The van der Waals surface area contributed by atoms with Crippen molar-refractivity contribution in [1.29, 1.82) is 5.26 Å². The Kier molecular flexibility index (Phi) is 2.19. The monoisotopic (exact) mass is 222 g/mol. The number of amides is 1. The van der Waals surface area contributed by atoms with E-state index in [0.717, 1.165) is 12.8 Å². The molecule has 2 saturated carbocycles. The first-order valence-corrected chi connectivity index (χ1v) is 5.44. The van der Waals surface area contributed by atoms with Crippen LogP contribution in [0.25, 0.3) is 0 Å². The van der Waals surface area contributed by atoms with Gasteiger partial charge in [-0.3, -0.25) is 9.59 Å². The van der Waals surface area contributed by atoms with Crippen molar-refractivity contribution in [3.63, 3.8) is 0 Å². The molecule has 5 heteroatoms. The van der Waals surface area contributed by atoms with Crippen LogP contribution < -0.4 is 5.73 Å². The third-order valence-corrected chi connectivity index (χ3v) is 4.19. The van der Waals surface area contributed by atoms with Crippen LogP contribution in [0, 0.1) is 28.1 Å². The lowest BCUT2D eigenvalue weighted by molar-refractivity contribution is -0.150. The summed E-state index contributed by atoms with van der Waals surface area (Å²) in [7, 11) is 0. The van der Waals surface area contributed by atoms with Gasteiger partial charge in [0.15, 0.2) is 0 Å². The quantitative estimate of drug-likeness (QED) is 0.731. The largest absolute Gasteiger partial charge is 0.481 e. The molecular formula is C11H14N2O3. The van der Waals surface area contributed by atoms with Gasteiger partial charge in [-0.15, -0.1) is 0 Å². The first-order chi connectivity index (χ1) is 7.49. The first-order valence-electron chi connectivity index (χ1n) is 5.44. The molecule has 3 N–H and O–H groups in total. The molecule has 2 aliphatic carbocycles. The van der Waals surface area contributed by atoms with E-state index < -0.39 is 22.7 Å². The van der Waals surface area contributed by atoms with Crippen LogP contribution in [0.2, 0.25) is 0 Å². The molecule has 1 amide bonds. The minimum Gasteiger partial charge on any atom is -0.481 e. The molecule has 0 aromatic carbocycles. The zero-order valence-electron chi connectivity index (χ0n) is 8.90. The molecule has 2 atom stereocenters. The van der Waals surface area contributed by atoms with Crippen molar-refractivity contribution in [2.45, 2.75) is 32.1 Å². The van der Waals surface area contributed by atoms with Crippen molar-refractivity contribution in [3.05, 3.63) is 0 Å². The third kappa shape index (κ3) is 1.16. The molecule has 86 valence electrons. The molecule has 2 rings (SSSR count). The van der Waals surface area contributed by atoms with Crippen LogP contribution in [-0.4, -0.2) is 17.0 Å². The zero-order valence-corrected chi connectivity index (χ0v) is 8.90. The summed E-state index contributed by atoms with van der Waals surface area (Å²) in [6.07, 6.45) is 3.13. The van der Waals surface area contributed by atoms with Crippen LogP contribution in [0.5, 0.6) is 0 Å². The number of aliphatic carboxylic acids is 1. The second-order valence-corrected chi connectivity index (χ2v) is 4.87. The minimum atomic E-state index is -1.22. The Morgan fingerprint density at radius 1 is 1.38 bits per heavy atom. The predicted molar refractivity (Wildman–Crippen MR) is 53.9 cm³/mol. The molecule has 2 unspecified atom stereocenters. The number of nitrogens with zero attached hydrogens (tertiary/aromatic N) is 1. The molecular weight excluding hydrogens is 208 g/mol. The van der Waals surface area contributed by atoms with Crippen molar-refractivity contribution in [3.8, 4) is 6.07 Å². The van der Waals surface area contributed by atoms with Crippen LogP contribution in [0.1, 0.15) is 32.1 Å². The zero-order chi connectivity index (χ0) is 12.0. The Hall–Kier alpha value is -1.57. The maximum Gasteiger partial charge on any atom is 0.309 e. The molecule has 5 nitrogen and oxygen atoms in total. The number of hydrogen-bond donors (Lipinski definition) is 2. The van der Waals surface area contributed by atoms with Gasteiger partial charge in [-0.25, -0.2) is 0 Å². The van der Waals surface area contributed by atoms with E-state index in [-0.39, 0.29) is 5.92 Å². The van der Waals surface area contributed by atoms with Crippen LogP contribution >= 0.6 is 0 Å². The predicted octanol–water partition coefficient (Wildman–Crippen LogP) is 0.647. The Labute approximate surface area is 93.2 Å². The normalized spacial score (nSPS) is 35.3. The van der Waals surface area contributed by atoms with Crippen molar-refractivity contribution < 1.29 is 14.7 Å². The molecule has 0 aromatic rings. The number of carboxylic acids is 1. The van der Waals surface area contributed by atoms with Gasteiger partial charge in [0.2, 0.25) is 5.91 Å². The average Bonchev–Trinajstić information content (AvgIpc) is 2.80. The summed E-state index contributed by atoms with van der Waals surface area (Å²) in [6, 6.07) is 1.92. The van der Waals surface area contributed by atoms with E-state index in [4.69, 9.17) is 11.0 Å². The highest BCUT2D eigenvalue weighted by Crippen LogP contribution is 2.65. The number of primary amides is 1. The fourth-order valence-electron chi connectivity index (χ4n) is 3.10. The van der Waals surface area contributed by atoms with Gasteiger partial charge < -0.3 is 10.8 Å². The number of nitrogens with two attached hydrogens (primary N) is 1. The highest BCUT2D eigenvalue weighted by molar-refractivity contribution is 5.90. The minimum absolute atomic E-state index is 0.311. The molecule has 0 saturated heterocycles. The summed E-state index contributed by atoms with van der Waals surface area (Å²) in [5, 5.41) is 18.3. The van der Waals surface area contributed by atoms with Gasteiger partial charge >= 0.3 is 5.97 Å². The fourth-order valence-corrected chi connectivity index (χ4v) is 3.10. The Morgan fingerprint density at radius 3 is 2.25 bits per heavy atom. The smallest absolute Gasteiger partial charge is 0.309 e. The van der Waals surface area contributed by atoms with Crippen LogP contribution in [0.4, 0.5) is 0 Å². The Balaban J connectivity index is 2.30. The number of carbonyl (C=O) groups is 2. The van der Waals surface area contributed by atoms with E-state index in [1.807, 2.05) is 6.07 Å². The maximum atomic E-state index is 11.4. The van der Waals surface area contributed by atoms with E-state index in [1.54, 1.807) is 0 Å². The molecule has 0 bridgehead atoms. The van der Waals surface area contributed by atoms with Gasteiger partial charge in [-0.2, -0.15) is 5.26 Å². The molecule has 2 fully saturated rings. The standard InChI is InChI=1S/C11H14N2O3/c12-6-11(8(13)14)5-7(11)10(9(15)16)3-1-2-4-10/h7H,1-5H2,(H2,13,14)(H,15,16). The lowest BCUT2D eigenvalue weighted by Crippen LogP contribution is -2.36. The molecule has 0 radical (unpaired) electrons. The molecule has 0 aliphatic heterocycles. The fraction of sp³-hybridized carbons (Fsp3) is 0.727. The summed E-state index contributed by atoms with van der Waals surface area (Å²) in [5.74, 6) is -1.94. The second-order valence-electron chi connectivity index (χ2n) is 4.87. The summed E-state index contributed by atoms with van der Waals surface area (Å²) in [4.78, 5) is 22.6. The number of hydrogen-bond acceptors (Lipinski definition) is 3. The average molecular weight is 222 g/mol. The topological polar surface area (TPSA) is 104 Å². The van der Waals surface area contributed by atoms with Crippen LogP contribution in [-0.2, 0) is 9.59 Å². The van der Waals surface area contributed by atoms with Gasteiger partial charge in [-0.1, -0.05) is 12.8 Å². The Bertz CT molecular complexity index is 393. The van der Waals surface area contributed by atoms with Gasteiger partial charge in [0.05, 0.1) is 11.5 Å². The van der Waals surface area contributed by atoms with Gasteiger partial charge in [0.1, 0.15) is 5.41 Å². The second kappa shape index (κ2) is 3.21.